The van der Waals surface area contributed by atoms with Crippen LogP contribution in [0.2, 0.25) is 0 Å². The summed E-state index contributed by atoms with van der Waals surface area (Å²) in [5.74, 6) is 0.0157. The maximum atomic E-state index is 11.9. The number of carbonyl (C=O) groups excluding carboxylic acids is 1. The molecule has 0 aliphatic heterocycles. The number of hydrogen-bond acceptors (Lipinski definition) is 5. The number of hydrogen-bond donors (Lipinski definition) is 3. The van der Waals surface area contributed by atoms with Crippen LogP contribution in [0.1, 0.15) is 12.5 Å². The fourth-order valence-corrected chi connectivity index (χ4v) is 2.28. The third-order valence-corrected chi connectivity index (χ3v) is 3.76. The van der Waals surface area contributed by atoms with Gasteiger partial charge in [-0.3, -0.25) is 0 Å². The number of anilines is 1. The van der Waals surface area contributed by atoms with Crippen molar-refractivity contribution in [1.82, 2.24) is 5.32 Å². The molecule has 5 nitrogen and oxygen atoms in total. The summed E-state index contributed by atoms with van der Waals surface area (Å²) < 4.78 is 5.45. The van der Waals surface area contributed by atoms with Gasteiger partial charge in [0.15, 0.2) is 0 Å². The molecule has 2 rings (SSSR count). The smallest absolute Gasteiger partial charge is 0.338 e. The minimum atomic E-state index is -0.504. The van der Waals surface area contributed by atoms with Crippen molar-refractivity contribution < 1.29 is 14.6 Å². The van der Waals surface area contributed by atoms with E-state index < -0.39 is 5.97 Å². The van der Waals surface area contributed by atoms with Gasteiger partial charge in [-0.2, -0.15) is 0 Å². The Bertz CT molecular complexity index is 841. The molecule has 130 valence electrons. The molecule has 0 unspecified atom stereocenters. The zero-order valence-electron chi connectivity index (χ0n) is 14.6. The summed E-state index contributed by atoms with van der Waals surface area (Å²) in [6.45, 7) is 9.12. The molecule has 0 aromatic heterocycles. The van der Waals surface area contributed by atoms with E-state index in [1.54, 1.807) is 39.2 Å². The fourth-order valence-electron chi connectivity index (χ4n) is 2.28. The Balaban J connectivity index is 2.50. The van der Waals surface area contributed by atoms with Gasteiger partial charge >= 0.3 is 5.97 Å². The standard InChI is InChI=1S/C20H22N2O3/c1-12(2)20(24)25-19-11-15(6-8-16(19)13(3)21-4)14-7-9-17(22-5)18(23)10-14/h6-11,21-23H,1,3H2,2,4-5H3. The number of ether oxygens (including phenoxy) is 1. The summed E-state index contributed by atoms with van der Waals surface area (Å²) >= 11 is 0. The summed E-state index contributed by atoms with van der Waals surface area (Å²) in [7, 11) is 3.48. The van der Waals surface area contributed by atoms with Crippen molar-refractivity contribution in [3.05, 3.63) is 60.7 Å². The van der Waals surface area contributed by atoms with Crippen LogP contribution in [-0.4, -0.2) is 25.2 Å². The van der Waals surface area contributed by atoms with Crippen LogP contribution in [0.5, 0.6) is 11.5 Å². The average Bonchev–Trinajstić information content (AvgIpc) is 2.60. The molecule has 0 heterocycles. The van der Waals surface area contributed by atoms with Crippen molar-refractivity contribution >= 4 is 17.4 Å². The molecular formula is C20H22N2O3. The van der Waals surface area contributed by atoms with Crippen LogP contribution in [0.15, 0.2) is 55.1 Å². The zero-order valence-corrected chi connectivity index (χ0v) is 14.6. The first-order valence-corrected chi connectivity index (χ1v) is 7.77. The average molecular weight is 338 g/mol. The van der Waals surface area contributed by atoms with E-state index in [0.717, 1.165) is 11.1 Å². The minimum absolute atomic E-state index is 0.143. The number of phenols is 1. The normalized spacial score (nSPS) is 10.0. The first-order chi connectivity index (χ1) is 11.9. The van der Waals surface area contributed by atoms with E-state index in [1.807, 2.05) is 18.2 Å². The SMILES string of the molecule is C=C(C)C(=O)Oc1cc(-c2ccc(NC)c(O)c2)ccc1C(=C)NC. The number of rotatable bonds is 6. The van der Waals surface area contributed by atoms with Crippen LogP contribution in [-0.2, 0) is 4.79 Å². The molecule has 0 amide bonds. The number of phenolic OH excluding ortho intramolecular Hbond substituents is 1. The van der Waals surface area contributed by atoms with E-state index in [0.29, 0.717) is 28.3 Å². The largest absolute Gasteiger partial charge is 0.506 e. The lowest BCUT2D eigenvalue weighted by Crippen LogP contribution is -2.12. The molecule has 0 atom stereocenters. The van der Waals surface area contributed by atoms with E-state index in [-0.39, 0.29) is 5.75 Å². The monoisotopic (exact) mass is 338 g/mol. The van der Waals surface area contributed by atoms with Gasteiger partial charge in [0.05, 0.1) is 5.69 Å². The van der Waals surface area contributed by atoms with Gasteiger partial charge in [-0.1, -0.05) is 25.3 Å². The molecule has 0 fully saturated rings. The van der Waals surface area contributed by atoms with Gasteiger partial charge in [0, 0.05) is 30.9 Å². The lowest BCUT2D eigenvalue weighted by atomic mass is 10.0. The summed E-state index contributed by atoms with van der Waals surface area (Å²) in [4.78, 5) is 11.9. The Hall–Kier alpha value is -3.21. The molecule has 2 aromatic carbocycles. The van der Waals surface area contributed by atoms with Crippen molar-refractivity contribution in [3.8, 4) is 22.6 Å². The van der Waals surface area contributed by atoms with Crippen molar-refractivity contribution in [3.63, 3.8) is 0 Å². The molecule has 25 heavy (non-hydrogen) atoms. The molecule has 0 aliphatic rings. The molecule has 0 aliphatic carbocycles. The van der Waals surface area contributed by atoms with Gasteiger partial charge in [-0.25, -0.2) is 4.79 Å². The Labute approximate surface area is 147 Å². The lowest BCUT2D eigenvalue weighted by molar-refractivity contribution is -0.130. The molecule has 2 aromatic rings. The van der Waals surface area contributed by atoms with Crippen LogP contribution in [0.3, 0.4) is 0 Å². The maximum absolute atomic E-state index is 11.9. The molecule has 0 bridgehead atoms. The van der Waals surface area contributed by atoms with Crippen molar-refractivity contribution in [1.29, 1.82) is 0 Å². The molecule has 0 radical (unpaired) electrons. The number of benzene rings is 2. The van der Waals surface area contributed by atoms with Crippen molar-refractivity contribution in [2.45, 2.75) is 6.92 Å². The zero-order chi connectivity index (χ0) is 18.6. The van der Waals surface area contributed by atoms with Crippen LogP contribution >= 0.6 is 0 Å². The highest BCUT2D eigenvalue weighted by molar-refractivity contribution is 5.90. The van der Waals surface area contributed by atoms with Gasteiger partial charge < -0.3 is 20.5 Å². The number of aromatic hydroxyl groups is 1. The third kappa shape index (κ3) is 4.01. The summed E-state index contributed by atoms with van der Waals surface area (Å²) in [6.07, 6.45) is 0. The Morgan fingerprint density at radius 2 is 1.72 bits per heavy atom. The Morgan fingerprint density at radius 1 is 1.08 bits per heavy atom. The van der Waals surface area contributed by atoms with Crippen LogP contribution in [0.25, 0.3) is 16.8 Å². The van der Waals surface area contributed by atoms with E-state index in [1.165, 1.54) is 0 Å². The quantitative estimate of drug-likeness (QED) is 0.324. The maximum Gasteiger partial charge on any atom is 0.338 e. The summed E-state index contributed by atoms with van der Waals surface area (Å²) in [5, 5.41) is 15.9. The predicted octanol–water partition coefficient (Wildman–Crippen LogP) is 3.77. The van der Waals surface area contributed by atoms with E-state index >= 15 is 0 Å². The highest BCUT2D eigenvalue weighted by Crippen LogP contribution is 2.34. The number of carbonyl (C=O) groups is 1. The highest BCUT2D eigenvalue weighted by Gasteiger charge is 2.14. The molecule has 3 N–H and O–H groups in total. The second-order valence-corrected chi connectivity index (χ2v) is 5.59. The van der Waals surface area contributed by atoms with E-state index in [4.69, 9.17) is 4.74 Å². The number of esters is 1. The van der Waals surface area contributed by atoms with Gasteiger partial charge in [0.1, 0.15) is 11.5 Å². The summed E-state index contributed by atoms with van der Waals surface area (Å²) in [6, 6.07) is 10.7. The highest BCUT2D eigenvalue weighted by atomic mass is 16.5. The van der Waals surface area contributed by atoms with Crippen LogP contribution < -0.4 is 15.4 Å². The van der Waals surface area contributed by atoms with Crippen molar-refractivity contribution in [2.24, 2.45) is 0 Å². The molecule has 5 heteroatoms. The molecule has 0 spiro atoms. The second kappa shape index (κ2) is 7.57. The topological polar surface area (TPSA) is 70.6 Å². The number of nitrogens with one attached hydrogen (secondary N) is 2. The van der Waals surface area contributed by atoms with E-state index in [9.17, 15) is 9.90 Å². The molecular weight excluding hydrogens is 316 g/mol. The first kappa shape index (κ1) is 18.1. The van der Waals surface area contributed by atoms with Gasteiger partial charge in [-0.15, -0.1) is 0 Å². The lowest BCUT2D eigenvalue weighted by Gasteiger charge is -2.14. The predicted molar refractivity (Wildman–Crippen MR) is 102 cm³/mol. The first-order valence-electron chi connectivity index (χ1n) is 7.77. The second-order valence-electron chi connectivity index (χ2n) is 5.59. The van der Waals surface area contributed by atoms with Gasteiger partial charge in [0.25, 0.3) is 0 Å². The molecule has 0 saturated heterocycles. The van der Waals surface area contributed by atoms with Crippen LogP contribution in [0, 0.1) is 0 Å². The van der Waals surface area contributed by atoms with E-state index in [2.05, 4.69) is 23.8 Å². The van der Waals surface area contributed by atoms with Crippen LogP contribution in [0.4, 0.5) is 5.69 Å². The van der Waals surface area contributed by atoms with Gasteiger partial charge in [0.2, 0.25) is 0 Å². The minimum Gasteiger partial charge on any atom is -0.506 e. The van der Waals surface area contributed by atoms with Crippen molar-refractivity contribution in [2.75, 3.05) is 19.4 Å². The summed E-state index contributed by atoms with van der Waals surface area (Å²) in [5.41, 5.74) is 3.85. The fraction of sp³-hybridized carbons (Fsp3) is 0.150. The molecule has 0 saturated carbocycles. The Morgan fingerprint density at radius 3 is 2.28 bits per heavy atom. The Kier molecular flexibility index (Phi) is 5.49. The van der Waals surface area contributed by atoms with Gasteiger partial charge in [-0.05, 0) is 42.3 Å². The third-order valence-electron chi connectivity index (χ3n) is 3.76.